The van der Waals surface area contributed by atoms with Gasteiger partial charge in [-0.25, -0.2) is 4.39 Å². The molecule has 0 saturated carbocycles. The van der Waals surface area contributed by atoms with Crippen molar-refractivity contribution < 1.29 is 9.18 Å². The molecule has 176 valence electrons. The van der Waals surface area contributed by atoms with Crippen LogP contribution >= 0.6 is 23.5 Å². The molecule has 0 radical (unpaired) electrons. The van der Waals surface area contributed by atoms with Crippen LogP contribution in [-0.4, -0.2) is 60.8 Å². The Balaban J connectivity index is 1.36. The Hall–Kier alpha value is -2.55. The van der Waals surface area contributed by atoms with Gasteiger partial charge in [0.2, 0.25) is 0 Å². The number of carbonyl (C=O) groups excluding carboxylic acids is 1. The molecule has 1 aliphatic rings. The number of piperazine rings is 1. The zero-order chi connectivity index (χ0) is 23.8. The lowest BCUT2D eigenvalue weighted by Crippen LogP contribution is -2.47. The molecular formula is C24H29ClFN5OS. The maximum absolute atomic E-state index is 13.0. The van der Waals surface area contributed by atoms with Crippen molar-refractivity contribution in [2.75, 3.05) is 39.3 Å². The minimum atomic E-state index is -0.269. The summed E-state index contributed by atoms with van der Waals surface area (Å²) in [6, 6.07) is 11.6. The van der Waals surface area contributed by atoms with Gasteiger partial charge in [0, 0.05) is 68.2 Å². The largest absolute Gasteiger partial charge is 0.386 e. The molecule has 2 aromatic carbocycles. The SMILES string of the molecule is C=C(S/N=C(\N)Cc1ccc(F)cc1)N1CCN(CCNC(=O)c2cc(C)cc(Cl)c2)CC1. The van der Waals surface area contributed by atoms with E-state index >= 15 is 0 Å². The van der Waals surface area contributed by atoms with Crippen LogP contribution in [0.4, 0.5) is 4.39 Å². The topological polar surface area (TPSA) is 74.0 Å². The van der Waals surface area contributed by atoms with E-state index in [1.54, 1.807) is 18.2 Å². The van der Waals surface area contributed by atoms with Crippen molar-refractivity contribution in [2.45, 2.75) is 13.3 Å². The molecule has 1 aliphatic heterocycles. The lowest BCUT2D eigenvalue weighted by atomic mass is 10.1. The monoisotopic (exact) mass is 489 g/mol. The van der Waals surface area contributed by atoms with Crippen LogP contribution in [0, 0.1) is 12.7 Å². The first kappa shape index (κ1) is 25.1. The van der Waals surface area contributed by atoms with Crippen molar-refractivity contribution in [2.24, 2.45) is 10.1 Å². The normalized spacial score (nSPS) is 14.9. The zero-order valence-electron chi connectivity index (χ0n) is 18.7. The third kappa shape index (κ3) is 8.07. The third-order valence-electron chi connectivity index (χ3n) is 5.31. The summed E-state index contributed by atoms with van der Waals surface area (Å²) in [5.74, 6) is 0.0897. The summed E-state index contributed by atoms with van der Waals surface area (Å²) in [6.45, 7) is 10.8. The molecule has 3 rings (SSSR count). The minimum absolute atomic E-state index is 0.111. The van der Waals surface area contributed by atoms with Crippen molar-refractivity contribution in [3.63, 3.8) is 0 Å². The number of amides is 1. The predicted octanol–water partition coefficient (Wildman–Crippen LogP) is 3.85. The molecule has 0 atom stereocenters. The Kier molecular flexibility index (Phi) is 9.17. The number of nitrogens with zero attached hydrogens (tertiary/aromatic N) is 3. The van der Waals surface area contributed by atoms with E-state index in [9.17, 15) is 9.18 Å². The first-order chi connectivity index (χ1) is 15.8. The van der Waals surface area contributed by atoms with Crippen molar-refractivity contribution in [1.29, 1.82) is 0 Å². The van der Waals surface area contributed by atoms with Crippen LogP contribution in [0.25, 0.3) is 0 Å². The average molecular weight is 490 g/mol. The Morgan fingerprint density at radius 2 is 1.91 bits per heavy atom. The number of halogens is 2. The second-order valence-electron chi connectivity index (χ2n) is 7.97. The Morgan fingerprint density at radius 3 is 2.58 bits per heavy atom. The number of aryl methyl sites for hydroxylation is 1. The summed E-state index contributed by atoms with van der Waals surface area (Å²) in [4.78, 5) is 16.8. The lowest BCUT2D eigenvalue weighted by molar-refractivity contribution is 0.0942. The fourth-order valence-electron chi connectivity index (χ4n) is 3.53. The highest BCUT2D eigenvalue weighted by atomic mass is 35.5. The third-order valence-corrected chi connectivity index (χ3v) is 6.32. The molecule has 3 N–H and O–H groups in total. The molecular weight excluding hydrogens is 461 g/mol. The summed E-state index contributed by atoms with van der Waals surface area (Å²) >= 11 is 7.31. The molecule has 0 bridgehead atoms. The fraction of sp³-hybridized carbons (Fsp3) is 0.333. The van der Waals surface area contributed by atoms with Crippen molar-refractivity contribution >= 4 is 35.3 Å². The quantitative estimate of drug-likeness (QED) is 0.318. The zero-order valence-corrected chi connectivity index (χ0v) is 20.3. The maximum Gasteiger partial charge on any atom is 0.251 e. The van der Waals surface area contributed by atoms with Gasteiger partial charge in [-0.1, -0.05) is 30.3 Å². The van der Waals surface area contributed by atoms with Crippen LogP contribution in [0.3, 0.4) is 0 Å². The summed E-state index contributed by atoms with van der Waals surface area (Å²) in [5, 5.41) is 4.38. The van der Waals surface area contributed by atoms with Gasteiger partial charge in [0.05, 0.1) is 5.03 Å². The highest BCUT2D eigenvalue weighted by molar-refractivity contribution is 8.01. The Bertz CT molecular complexity index is 986. The molecule has 6 nitrogen and oxygen atoms in total. The standard InChI is InChI=1S/C24H29ClFN5OS/c1-17-13-20(16-21(25)14-17)24(32)28-7-8-30-9-11-31(12-10-30)18(2)33-29-23(27)15-19-3-5-22(26)6-4-19/h3-6,13-14,16H,2,7-12,15H2,1H3,(H2,27,29)(H,28,32). The van der Waals surface area contributed by atoms with Crippen molar-refractivity contribution in [1.82, 2.24) is 15.1 Å². The second kappa shape index (κ2) is 12.1. The van der Waals surface area contributed by atoms with Crippen LogP contribution in [0.15, 0.2) is 58.5 Å². The van der Waals surface area contributed by atoms with E-state index in [1.165, 1.54) is 24.1 Å². The summed E-state index contributed by atoms with van der Waals surface area (Å²) in [6.07, 6.45) is 0.467. The minimum Gasteiger partial charge on any atom is -0.386 e. The van der Waals surface area contributed by atoms with Gasteiger partial charge in [-0.2, -0.15) is 4.40 Å². The van der Waals surface area contributed by atoms with Gasteiger partial charge in [0.15, 0.2) is 0 Å². The number of hydrogen-bond acceptors (Lipinski definition) is 5. The highest BCUT2D eigenvalue weighted by Gasteiger charge is 2.18. The number of hydrogen-bond donors (Lipinski definition) is 2. The van der Waals surface area contributed by atoms with Crippen molar-refractivity contribution in [3.05, 3.63) is 81.6 Å². The first-order valence-corrected chi connectivity index (χ1v) is 11.9. The van der Waals surface area contributed by atoms with E-state index < -0.39 is 0 Å². The smallest absolute Gasteiger partial charge is 0.251 e. The Labute approximate surface area is 203 Å². The van der Waals surface area contributed by atoms with Gasteiger partial charge in [-0.3, -0.25) is 9.69 Å². The number of rotatable bonds is 9. The molecule has 0 aliphatic carbocycles. The van der Waals surface area contributed by atoms with Crippen LogP contribution in [-0.2, 0) is 6.42 Å². The number of benzene rings is 2. The molecule has 1 heterocycles. The number of amidine groups is 1. The van der Waals surface area contributed by atoms with E-state index in [-0.39, 0.29) is 11.7 Å². The van der Waals surface area contributed by atoms with E-state index in [0.29, 0.717) is 29.4 Å². The van der Waals surface area contributed by atoms with Gasteiger partial charge in [-0.15, -0.1) is 0 Å². The first-order valence-electron chi connectivity index (χ1n) is 10.8. The molecule has 0 spiro atoms. The summed E-state index contributed by atoms with van der Waals surface area (Å²) in [7, 11) is 0. The maximum atomic E-state index is 13.0. The van der Waals surface area contributed by atoms with E-state index in [0.717, 1.165) is 48.9 Å². The summed E-state index contributed by atoms with van der Waals surface area (Å²) < 4.78 is 17.4. The molecule has 0 aromatic heterocycles. The second-order valence-corrected chi connectivity index (χ2v) is 9.25. The Morgan fingerprint density at radius 1 is 1.21 bits per heavy atom. The highest BCUT2D eigenvalue weighted by Crippen LogP contribution is 2.21. The molecule has 33 heavy (non-hydrogen) atoms. The number of nitrogens with one attached hydrogen (secondary N) is 1. The molecule has 1 fully saturated rings. The van der Waals surface area contributed by atoms with Gasteiger partial charge >= 0.3 is 0 Å². The number of nitrogens with two attached hydrogens (primary N) is 1. The van der Waals surface area contributed by atoms with Gasteiger partial charge in [0.25, 0.3) is 5.91 Å². The van der Waals surface area contributed by atoms with E-state index in [1.807, 2.05) is 19.1 Å². The van der Waals surface area contributed by atoms with Crippen LogP contribution < -0.4 is 11.1 Å². The number of carbonyl (C=O) groups is 1. The molecule has 0 unspecified atom stereocenters. The fourth-order valence-corrected chi connectivity index (χ4v) is 4.41. The lowest BCUT2D eigenvalue weighted by Gasteiger charge is -2.36. The van der Waals surface area contributed by atoms with E-state index in [4.69, 9.17) is 17.3 Å². The van der Waals surface area contributed by atoms with Crippen molar-refractivity contribution in [3.8, 4) is 0 Å². The molecule has 1 saturated heterocycles. The summed E-state index contributed by atoms with van der Waals surface area (Å²) in [5.41, 5.74) is 8.46. The van der Waals surface area contributed by atoms with Crippen LogP contribution in [0.1, 0.15) is 21.5 Å². The molecule has 9 heteroatoms. The predicted molar refractivity (Wildman–Crippen MR) is 135 cm³/mol. The molecule has 1 amide bonds. The van der Waals surface area contributed by atoms with E-state index in [2.05, 4.69) is 26.1 Å². The van der Waals surface area contributed by atoms with Gasteiger partial charge < -0.3 is 16.0 Å². The van der Waals surface area contributed by atoms with Gasteiger partial charge in [0.1, 0.15) is 11.7 Å². The van der Waals surface area contributed by atoms with Crippen LogP contribution in [0.2, 0.25) is 5.02 Å². The van der Waals surface area contributed by atoms with Crippen LogP contribution in [0.5, 0.6) is 0 Å². The average Bonchev–Trinajstić information content (AvgIpc) is 2.79. The van der Waals surface area contributed by atoms with Gasteiger partial charge in [-0.05, 0) is 48.4 Å². The molecule has 2 aromatic rings.